The molecule has 509 valence electrons. The minimum atomic E-state index is -0.665. The standard InChI is InChI=1S/C42H27N3.C27H21N9.C12H10O.C10H9NO.Al/c1-7-19-37-31(13-1)32-14-2-8-20-38(32)43(37)28-25-29(44-39-21-9-3-15-33(39)34-16-4-10-22-40(34)44)27-30(26-28)45-41-23-11-5-17-35(41)36-18-6-12-24-42(36)45;1-16-28-19-10-4-7-13-22(19)34(16)25-31-26(35-17(2)29-20-11-5-8-14-23(20)35)33-27(32-25)36-18(3)30-21-12-6-9-15-24(21)36;13-12-8-6-11(7-9-12)10-4-2-1-3-5-10;1-7-5-6-8-3-2-4-9(12)10(8)11-7;/h1-27H;4-15H,1-3H3;1-9,13H;2-6,12H,1H3;/q;;;;+2/p-2. The van der Waals surface area contributed by atoms with Gasteiger partial charge in [0.05, 0.1) is 89.0 Å². The second-order valence-electron chi connectivity index (χ2n) is 26.5. The van der Waals surface area contributed by atoms with E-state index in [1.165, 1.54) is 76.5 Å². The Morgan fingerprint density at radius 3 is 0.953 bits per heavy atom. The van der Waals surface area contributed by atoms with Crippen LogP contribution in [0.3, 0.4) is 0 Å². The Morgan fingerprint density at radius 1 is 0.252 bits per heavy atom. The van der Waals surface area contributed by atoms with Crippen molar-refractivity contribution in [1.29, 1.82) is 0 Å². The highest BCUT2D eigenvalue weighted by Gasteiger charge is 2.24. The molecule has 0 atom stereocenters. The van der Waals surface area contributed by atoms with Crippen molar-refractivity contribution >= 4 is 125 Å². The molecule has 13 aromatic carbocycles. The molecule has 15 nitrogen and oxygen atoms in total. The molecule has 1 radical (unpaired) electrons. The summed E-state index contributed by atoms with van der Waals surface area (Å²) in [6.07, 6.45) is 0. The summed E-state index contributed by atoms with van der Waals surface area (Å²) in [4.78, 5) is 33.6. The lowest BCUT2D eigenvalue weighted by Gasteiger charge is -2.17. The summed E-state index contributed by atoms with van der Waals surface area (Å²) < 4.78 is 24.9. The molecule has 8 heterocycles. The van der Waals surface area contributed by atoms with Gasteiger partial charge in [-0.25, -0.2) is 19.9 Å². The Labute approximate surface area is 621 Å². The van der Waals surface area contributed by atoms with E-state index in [4.69, 9.17) is 37.5 Å². The van der Waals surface area contributed by atoms with Gasteiger partial charge in [-0.2, -0.15) is 15.0 Å². The summed E-state index contributed by atoms with van der Waals surface area (Å²) >= 11 is -0.665. The fourth-order valence-electron chi connectivity index (χ4n) is 15.2. The summed E-state index contributed by atoms with van der Waals surface area (Å²) in [5.41, 5.74) is 20.2. The maximum absolute atomic E-state index is 5.89. The van der Waals surface area contributed by atoms with Crippen LogP contribution < -0.4 is 7.58 Å². The fourth-order valence-corrected chi connectivity index (χ4v) is 15.8. The number of nitrogens with zero attached hydrogens (tertiary/aromatic N) is 13. The van der Waals surface area contributed by atoms with Crippen molar-refractivity contribution in [2.75, 3.05) is 0 Å². The number of hydrogen-bond donors (Lipinski definition) is 0. The number of para-hydroxylation sites is 13. The second kappa shape index (κ2) is 26.8. The molecule has 0 N–H and O–H groups in total. The van der Waals surface area contributed by atoms with Gasteiger partial charge in [0.1, 0.15) is 28.7 Å². The maximum Gasteiger partial charge on any atom is 0.881 e. The van der Waals surface area contributed by atoms with Crippen LogP contribution in [0, 0.1) is 27.7 Å². The van der Waals surface area contributed by atoms with Crippen LogP contribution >= 0.6 is 0 Å². The van der Waals surface area contributed by atoms with E-state index in [-0.39, 0.29) is 0 Å². The highest BCUT2D eigenvalue weighted by molar-refractivity contribution is 6.21. The van der Waals surface area contributed by atoms with Crippen molar-refractivity contribution in [3.8, 4) is 57.5 Å². The van der Waals surface area contributed by atoms with E-state index in [0.717, 1.165) is 95.7 Å². The van der Waals surface area contributed by atoms with Crippen LogP contribution in [0.25, 0.3) is 155 Å². The molecule has 0 fully saturated rings. The lowest BCUT2D eigenvalue weighted by atomic mass is 10.1. The van der Waals surface area contributed by atoms with Gasteiger partial charge in [-0.05, 0) is 154 Å². The molecule has 0 aliphatic carbocycles. The van der Waals surface area contributed by atoms with Crippen LogP contribution in [-0.4, -0.2) is 78.2 Å². The Morgan fingerprint density at radius 2 is 0.579 bits per heavy atom. The first-order chi connectivity index (χ1) is 52.7. The molecular formula is C91H65AlN13O2. The zero-order valence-electron chi connectivity index (χ0n) is 58.8. The highest BCUT2D eigenvalue weighted by atomic mass is 27.2. The third-order valence-electron chi connectivity index (χ3n) is 19.9. The number of rotatable bonds is 11. The first kappa shape index (κ1) is 64.1. The van der Waals surface area contributed by atoms with Crippen molar-refractivity contribution in [3.63, 3.8) is 0 Å². The Bertz CT molecular complexity index is 6300. The lowest BCUT2D eigenvalue weighted by molar-refractivity contribution is 0.461. The molecule has 0 bridgehead atoms. The maximum atomic E-state index is 5.89. The Hall–Kier alpha value is -13.8. The first-order valence-corrected chi connectivity index (χ1v) is 36.5. The molecule has 8 aromatic heterocycles. The quantitative estimate of drug-likeness (QED) is 0.116. The van der Waals surface area contributed by atoms with Crippen LogP contribution in [-0.2, 0) is 0 Å². The van der Waals surface area contributed by atoms with Gasteiger partial charge < -0.3 is 21.3 Å². The second-order valence-corrected chi connectivity index (χ2v) is 27.2. The van der Waals surface area contributed by atoms with Crippen LogP contribution in [0.1, 0.15) is 23.2 Å². The average molecular weight is 1400 g/mol. The number of aryl methyl sites for hydroxylation is 4. The lowest BCUT2D eigenvalue weighted by Crippen LogP contribution is -2.15. The molecule has 0 aliphatic heterocycles. The van der Waals surface area contributed by atoms with Gasteiger partial charge in [0.25, 0.3) is 0 Å². The van der Waals surface area contributed by atoms with Gasteiger partial charge in [-0.3, -0.25) is 13.7 Å². The zero-order valence-corrected chi connectivity index (χ0v) is 60.0. The van der Waals surface area contributed by atoms with Crippen molar-refractivity contribution in [1.82, 2.24) is 62.3 Å². The van der Waals surface area contributed by atoms with Crippen molar-refractivity contribution in [2.45, 2.75) is 27.7 Å². The third-order valence-corrected chi connectivity index (χ3v) is 20.6. The highest BCUT2D eigenvalue weighted by Crippen LogP contribution is 2.40. The topological polar surface area (TPSA) is 138 Å². The predicted octanol–water partition coefficient (Wildman–Crippen LogP) is 21.0. The minimum Gasteiger partial charge on any atom is -0.616 e. The molecule has 0 amide bonds. The van der Waals surface area contributed by atoms with E-state index >= 15 is 0 Å². The Kier molecular flexibility index (Phi) is 16.1. The molecule has 0 aliphatic rings. The molecule has 21 rings (SSSR count). The number of hydrogen-bond acceptors (Lipinski definition) is 9. The van der Waals surface area contributed by atoms with Gasteiger partial charge in [0.2, 0.25) is 17.8 Å². The van der Waals surface area contributed by atoms with E-state index in [2.05, 4.69) is 213 Å². The van der Waals surface area contributed by atoms with Crippen molar-refractivity contribution in [3.05, 3.63) is 345 Å². The van der Waals surface area contributed by atoms with E-state index in [0.29, 0.717) is 17.8 Å². The minimum absolute atomic E-state index is 0.482. The number of benzene rings is 13. The average Bonchev–Trinajstić information content (AvgIpc) is 1.58. The summed E-state index contributed by atoms with van der Waals surface area (Å²) in [5, 5.41) is 8.62. The predicted molar refractivity (Wildman–Crippen MR) is 433 cm³/mol. The first-order valence-electron chi connectivity index (χ1n) is 35.6. The molecule has 0 unspecified atom stereocenters. The summed E-state index contributed by atoms with van der Waals surface area (Å²) in [7, 11) is 0. The largest absolute Gasteiger partial charge is 0.881 e. The number of pyridine rings is 1. The normalized spacial score (nSPS) is 11.6. The molecule has 21 aromatic rings. The van der Waals surface area contributed by atoms with Crippen LogP contribution in [0.2, 0.25) is 0 Å². The fraction of sp³-hybridized carbons (Fsp3) is 0.0440. The monoisotopic (exact) mass is 1400 g/mol. The van der Waals surface area contributed by atoms with Gasteiger partial charge in [-0.15, -0.1) is 0 Å². The van der Waals surface area contributed by atoms with E-state index in [1.54, 1.807) is 0 Å². The van der Waals surface area contributed by atoms with E-state index in [1.807, 2.05) is 169 Å². The van der Waals surface area contributed by atoms with Crippen LogP contribution in [0.5, 0.6) is 11.5 Å². The molecule has 0 spiro atoms. The summed E-state index contributed by atoms with van der Waals surface area (Å²) in [6.45, 7) is 7.85. The zero-order chi connectivity index (χ0) is 71.6. The third kappa shape index (κ3) is 11.4. The molecule has 0 saturated carbocycles. The van der Waals surface area contributed by atoms with Gasteiger partial charge >= 0.3 is 15.9 Å². The van der Waals surface area contributed by atoms with Gasteiger partial charge in [-0.1, -0.05) is 206 Å². The van der Waals surface area contributed by atoms with Gasteiger partial charge in [0, 0.05) is 43.4 Å². The number of aromatic nitrogens is 13. The molecule has 0 saturated heterocycles. The van der Waals surface area contributed by atoms with Crippen LogP contribution in [0.15, 0.2) is 322 Å². The summed E-state index contributed by atoms with van der Waals surface area (Å²) in [5.74, 6) is 5.39. The number of imidazole rings is 3. The molecule has 16 heteroatoms. The number of fused-ring (bicyclic) bond motifs is 13. The Balaban J connectivity index is 0.000000114. The van der Waals surface area contributed by atoms with Gasteiger partial charge in [0.15, 0.2) is 0 Å². The van der Waals surface area contributed by atoms with E-state index in [9.17, 15) is 0 Å². The van der Waals surface area contributed by atoms with Crippen LogP contribution in [0.4, 0.5) is 0 Å². The molecule has 107 heavy (non-hydrogen) atoms. The van der Waals surface area contributed by atoms with Crippen molar-refractivity contribution < 1.29 is 7.58 Å². The van der Waals surface area contributed by atoms with Crippen molar-refractivity contribution in [2.24, 2.45) is 0 Å². The smallest absolute Gasteiger partial charge is 0.616 e. The summed E-state index contributed by atoms with van der Waals surface area (Å²) in [6, 6.07) is 112. The molecular weight excluding hydrogens is 1330 g/mol. The SMILES string of the molecule is Cc1ccc2cccc([O][Al][O]c3ccc(-c4ccccc4)cc3)c2n1.Cc1nc2ccccc2n1-c1nc(-n2c(C)nc3ccccc32)nc(-n2c(C)nc3ccccc32)n1.c1ccc2c(c1)c1ccccc1n2-c1cc(-n2c3ccccc3c3ccccc32)cc(-n2c3ccccc3c3ccccc32)c1. The van der Waals surface area contributed by atoms with E-state index < -0.39 is 15.9 Å².